The van der Waals surface area contributed by atoms with Gasteiger partial charge >= 0.3 is 0 Å². The lowest BCUT2D eigenvalue weighted by molar-refractivity contribution is -0.346. The summed E-state index contributed by atoms with van der Waals surface area (Å²) >= 11 is 0. The fourth-order valence-corrected chi connectivity index (χ4v) is 4.38. The van der Waals surface area contributed by atoms with Crippen molar-refractivity contribution in [2.75, 3.05) is 26.4 Å². The average Bonchev–Trinajstić information content (AvgIpc) is 2.87. The predicted molar refractivity (Wildman–Crippen MR) is 125 cm³/mol. The van der Waals surface area contributed by atoms with Gasteiger partial charge in [0.05, 0.1) is 32.0 Å². The number of carbonyl (C=O) groups excluding carboxylic acids is 2. The lowest BCUT2D eigenvalue weighted by Gasteiger charge is -2.47. The van der Waals surface area contributed by atoms with Crippen molar-refractivity contribution in [1.82, 2.24) is 5.32 Å². The summed E-state index contributed by atoms with van der Waals surface area (Å²) < 4.78 is 22.9. The van der Waals surface area contributed by atoms with Crippen LogP contribution in [0.25, 0.3) is 0 Å². The number of hydrogen-bond donors (Lipinski definition) is 6. The van der Waals surface area contributed by atoms with Crippen LogP contribution in [0.1, 0.15) is 52.9 Å². The molecule has 10 atom stereocenters. The van der Waals surface area contributed by atoms with Gasteiger partial charge in [-0.2, -0.15) is 0 Å². The van der Waals surface area contributed by atoms with E-state index in [-0.39, 0.29) is 24.8 Å². The van der Waals surface area contributed by atoms with Crippen LogP contribution in [0.15, 0.2) is 0 Å². The molecule has 2 saturated heterocycles. The summed E-state index contributed by atoms with van der Waals surface area (Å²) in [5, 5.41) is 53.2. The summed E-state index contributed by atoms with van der Waals surface area (Å²) in [7, 11) is 0. The average molecular weight is 522 g/mol. The van der Waals surface area contributed by atoms with Crippen LogP contribution in [0.5, 0.6) is 0 Å². The number of Topliss-reactive ketones (excluding diaryl/α,β-unsaturated/α-hetero) is 1. The molecule has 0 spiro atoms. The number of amides is 1. The van der Waals surface area contributed by atoms with E-state index in [4.69, 9.17) is 18.9 Å². The normalized spacial score (nSPS) is 37.0. The van der Waals surface area contributed by atoms with Crippen molar-refractivity contribution in [3.05, 3.63) is 0 Å². The Balaban J connectivity index is 1.86. The Kier molecular flexibility index (Phi) is 13.1. The van der Waals surface area contributed by atoms with Gasteiger partial charge in [0.2, 0.25) is 5.91 Å². The van der Waals surface area contributed by atoms with E-state index in [1.54, 1.807) is 13.8 Å². The molecule has 210 valence electrons. The molecular formula is C24H43NO11. The minimum Gasteiger partial charge on any atom is -0.394 e. The number of aliphatic hydroxyl groups is 5. The third-order valence-corrected chi connectivity index (χ3v) is 6.88. The molecule has 1 amide bonds. The highest BCUT2D eigenvalue weighted by Crippen LogP contribution is 2.33. The Morgan fingerprint density at radius 3 is 2.11 bits per heavy atom. The quantitative estimate of drug-likeness (QED) is 0.151. The monoisotopic (exact) mass is 521 g/mol. The zero-order valence-electron chi connectivity index (χ0n) is 21.3. The minimum atomic E-state index is -1.25. The minimum absolute atomic E-state index is 0.106. The molecule has 2 rings (SSSR count). The Morgan fingerprint density at radius 1 is 0.861 bits per heavy atom. The summed E-state index contributed by atoms with van der Waals surface area (Å²) in [6.45, 7) is 4.46. The maximum absolute atomic E-state index is 12.0. The van der Waals surface area contributed by atoms with E-state index >= 15 is 0 Å². The second-order valence-electron chi connectivity index (χ2n) is 9.56. The smallest absolute Gasteiger partial charge is 0.220 e. The molecule has 2 heterocycles. The molecule has 12 nitrogen and oxygen atoms in total. The highest BCUT2D eigenvalue weighted by Gasteiger charge is 2.49. The van der Waals surface area contributed by atoms with Crippen LogP contribution >= 0.6 is 0 Å². The first kappa shape index (κ1) is 31.0. The Morgan fingerprint density at radius 2 is 1.47 bits per heavy atom. The molecule has 0 aromatic rings. The topological polar surface area (TPSA) is 184 Å². The van der Waals surface area contributed by atoms with Crippen molar-refractivity contribution in [3.8, 4) is 0 Å². The van der Waals surface area contributed by atoms with Crippen molar-refractivity contribution in [2.45, 2.75) is 102 Å². The molecular weight excluding hydrogens is 478 g/mol. The Bertz CT molecular complexity index is 678. The van der Waals surface area contributed by atoms with Gasteiger partial charge in [0.1, 0.15) is 30.2 Å². The molecule has 2 aliphatic rings. The molecule has 2 aliphatic heterocycles. The van der Waals surface area contributed by atoms with Crippen molar-refractivity contribution >= 4 is 11.7 Å². The predicted octanol–water partition coefficient (Wildman–Crippen LogP) is -1.17. The van der Waals surface area contributed by atoms with Gasteiger partial charge in [-0.15, -0.1) is 0 Å². The largest absolute Gasteiger partial charge is 0.394 e. The van der Waals surface area contributed by atoms with Gasteiger partial charge in [-0.05, 0) is 12.8 Å². The fraction of sp³-hybridized carbons (Fsp3) is 0.917. The summed E-state index contributed by atoms with van der Waals surface area (Å²) in [4.78, 5) is 23.3. The molecule has 0 radical (unpaired) electrons. The first-order valence-corrected chi connectivity index (χ1v) is 12.8. The molecule has 6 N–H and O–H groups in total. The highest BCUT2D eigenvalue weighted by atomic mass is 16.7. The highest BCUT2D eigenvalue weighted by molar-refractivity contribution is 5.78. The number of unbranched alkanes of at least 4 members (excludes halogenated alkanes) is 1. The van der Waals surface area contributed by atoms with Crippen molar-refractivity contribution in [1.29, 1.82) is 0 Å². The zero-order valence-corrected chi connectivity index (χ0v) is 21.3. The lowest BCUT2D eigenvalue weighted by atomic mass is 9.89. The Hall–Kier alpha value is -1.22. The van der Waals surface area contributed by atoms with E-state index < -0.39 is 74.3 Å². The number of ether oxygens (including phenoxy) is 4. The van der Waals surface area contributed by atoms with E-state index in [1.165, 1.54) is 0 Å². The lowest BCUT2D eigenvalue weighted by Crippen LogP contribution is -2.61. The SMILES string of the molecule is CCC(=O)CCCCC(=O)NCCO[C@H]1O[C@H](CO)[C@@H](O)[C@H](O[C@H]2O[C@H](CO)[C@@H](O)[C@H](C)[C@@H]2O)[C@@H]1C. The van der Waals surface area contributed by atoms with Crippen LogP contribution in [0.2, 0.25) is 0 Å². The number of hydrogen-bond acceptors (Lipinski definition) is 11. The standard InChI is InChI=1S/C24H43NO11/c1-4-15(28)7-5-6-8-18(29)25-9-10-33-23-14(3)22(21(32)17(12-27)34-23)36-24-20(31)13(2)19(30)16(11-26)35-24/h13-14,16-17,19-24,26-27,30-32H,4-12H2,1-3H3,(H,25,29)/t13-,14-,16+,17+,19-,20-,21+,22+,23-,24+/m0/s1. The molecule has 12 heteroatoms. The van der Waals surface area contributed by atoms with E-state index in [1.807, 2.05) is 6.92 Å². The Labute approximate surface area is 211 Å². The van der Waals surface area contributed by atoms with Crippen molar-refractivity contribution in [2.24, 2.45) is 11.8 Å². The van der Waals surface area contributed by atoms with E-state index in [0.717, 1.165) is 0 Å². The van der Waals surface area contributed by atoms with Gasteiger partial charge in [-0.3, -0.25) is 9.59 Å². The van der Waals surface area contributed by atoms with E-state index in [2.05, 4.69) is 5.32 Å². The van der Waals surface area contributed by atoms with Crippen LogP contribution < -0.4 is 5.32 Å². The number of carbonyl (C=O) groups is 2. The molecule has 0 aromatic heterocycles. The van der Waals surface area contributed by atoms with E-state index in [0.29, 0.717) is 32.1 Å². The van der Waals surface area contributed by atoms with Gasteiger partial charge in [0, 0.05) is 37.6 Å². The van der Waals surface area contributed by atoms with Gasteiger partial charge in [-0.1, -0.05) is 20.8 Å². The number of aliphatic hydroxyl groups excluding tert-OH is 5. The molecule has 0 unspecified atom stereocenters. The van der Waals surface area contributed by atoms with Crippen molar-refractivity contribution < 1.29 is 54.1 Å². The first-order valence-electron chi connectivity index (χ1n) is 12.8. The van der Waals surface area contributed by atoms with Gasteiger partial charge in [0.25, 0.3) is 0 Å². The third kappa shape index (κ3) is 8.40. The van der Waals surface area contributed by atoms with Gasteiger partial charge in [0.15, 0.2) is 12.6 Å². The maximum atomic E-state index is 12.0. The molecule has 2 fully saturated rings. The number of ketones is 1. The van der Waals surface area contributed by atoms with Crippen LogP contribution in [-0.4, -0.2) is 113 Å². The second kappa shape index (κ2) is 15.3. The number of nitrogens with one attached hydrogen (secondary N) is 1. The maximum Gasteiger partial charge on any atom is 0.220 e. The van der Waals surface area contributed by atoms with Gasteiger partial charge in [-0.25, -0.2) is 0 Å². The van der Waals surface area contributed by atoms with Crippen LogP contribution in [0, 0.1) is 11.8 Å². The molecule has 36 heavy (non-hydrogen) atoms. The van der Waals surface area contributed by atoms with Gasteiger partial charge < -0.3 is 49.8 Å². The summed E-state index contributed by atoms with van der Waals surface area (Å²) in [6.07, 6.45) is -6.01. The van der Waals surface area contributed by atoms with Crippen LogP contribution in [-0.2, 0) is 28.5 Å². The first-order chi connectivity index (χ1) is 17.1. The zero-order chi connectivity index (χ0) is 26.8. The summed E-state index contributed by atoms with van der Waals surface area (Å²) in [6, 6.07) is 0. The fourth-order valence-electron chi connectivity index (χ4n) is 4.38. The van der Waals surface area contributed by atoms with Crippen molar-refractivity contribution in [3.63, 3.8) is 0 Å². The third-order valence-electron chi connectivity index (χ3n) is 6.88. The second-order valence-corrected chi connectivity index (χ2v) is 9.56. The van der Waals surface area contributed by atoms with Crippen LogP contribution in [0.4, 0.5) is 0 Å². The number of rotatable bonds is 14. The molecule has 0 aromatic carbocycles. The molecule has 0 bridgehead atoms. The molecule has 0 aliphatic carbocycles. The molecule has 0 saturated carbocycles. The summed E-state index contributed by atoms with van der Waals surface area (Å²) in [5.41, 5.74) is 0. The summed E-state index contributed by atoms with van der Waals surface area (Å²) in [5.74, 6) is -1.17. The van der Waals surface area contributed by atoms with Crippen LogP contribution in [0.3, 0.4) is 0 Å². The van der Waals surface area contributed by atoms with E-state index in [9.17, 15) is 35.1 Å².